The molecular formula is C32H45N5O7. The number of likely N-dealkylation sites (tertiary alicyclic amines) is 1. The number of rotatable bonds is 15. The molecule has 1 aliphatic rings. The van der Waals surface area contributed by atoms with E-state index in [1.807, 2.05) is 55.5 Å². The van der Waals surface area contributed by atoms with Crippen molar-refractivity contribution < 1.29 is 33.8 Å². The van der Waals surface area contributed by atoms with Gasteiger partial charge >= 0.3 is 12.1 Å². The molecule has 1 aromatic heterocycles. The number of carbonyl (C=O) groups is 4. The Morgan fingerprint density at radius 3 is 2.45 bits per heavy atom. The molecule has 0 aliphatic carbocycles. The zero-order chi connectivity index (χ0) is 32.1. The van der Waals surface area contributed by atoms with Gasteiger partial charge in [-0.15, -0.1) is 0 Å². The molecule has 12 nitrogen and oxygen atoms in total. The minimum absolute atomic E-state index is 0.0499. The summed E-state index contributed by atoms with van der Waals surface area (Å²) < 4.78 is 11.4. The highest BCUT2D eigenvalue weighted by Gasteiger charge is 2.37. The fourth-order valence-electron chi connectivity index (χ4n) is 5.25. The lowest BCUT2D eigenvalue weighted by Gasteiger charge is -2.24. The van der Waals surface area contributed by atoms with E-state index in [1.165, 1.54) is 0 Å². The van der Waals surface area contributed by atoms with Crippen LogP contribution in [0.4, 0.5) is 10.6 Å². The van der Waals surface area contributed by atoms with Crippen molar-refractivity contribution in [2.45, 2.75) is 71.8 Å². The first-order valence-electron chi connectivity index (χ1n) is 14.9. The van der Waals surface area contributed by atoms with E-state index in [-0.39, 0.29) is 56.0 Å². The lowest BCUT2D eigenvalue weighted by atomic mass is 9.84. The third kappa shape index (κ3) is 12.2. The van der Waals surface area contributed by atoms with Gasteiger partial charge in [0.25, 0.3) is 0 Å². The number of anilines is 1. The zero-order valence-corrected chi connectivity index (χ0v) is 26.0. The van der Waals surface area contributed by atoms with Crippen LogP contribution in [0.25, 0.3) is 0 Å². The van der Waals surface area contributed by atoms with Crippen LogP contribution < -0.4 is 16.0 Å². The number of nitrogens with zero attached hydrogens (tertiary/aromatic N) is 2. The van der Waals surface area contributed by atoms with Crippen molar-refractivity contribution >= 4 is 29.7 Å². The predicted octanol–water partition coefficient (Wildman–Crippen LogP) is 3.44. The molecular weight excluding hydrogens is 566 g/mol. The number of aromatic nitrogens is 1. The molecule has 240 valence electrons. The van der Waals surface area contributed by atoms with Crippen LogP contribution in [0, 0.1) is 11.3 Å². The number of nitrogens with one attached hydrogen (secondary N) is 3. The minimum atomic E-state index is -1.27. The summed E-state index contributed by atoms with van der Waals surface area (Å²) in [6, 6.07) is 13.3. The summed E-state index contributed by atoms with van der Waals surface area (Å²) in [5.41, 5.74) is 0.914. The first-order valence-corrected chi connectivity index (χ1v) is 14.9. The smallest absolute Gasteiger partial charge is 0.410 e. The fraction of sp³-hybridized carbons (Fsp3) is 0.531. The molecule has 1 unspecified atom stereocenters. The normalized spacial score (nSPS) is 17.8. The van der Waals surface area contributed by atoms with Crippen LogP contribution in [0.2, 0.25) is 0 Å². The van der Waals surface area contributed by atoms with Crippen molar-refractivity contribution in [1.82, 2.24) is 20.5 Å². The number of pyridine rings is 1. The number of ether oxygens (including phenoxy) is 2. The molecule has 1 aliphatic heterocycles. The Morgan fingerprint density at radius 2 is 1.80 bits per heavy atom. The number of carboxylic acids is 1. The Bertz CT molecular complexity index is 1220. The highest BCUT2D eigenvalue weighted by atomic mass is 16.6. The van der Waals surface area contributed by atoms with E-state index in [9.17, 15) is 24.3 Å². The molecule has 2 aromatic rings. The third-order valence-electron chi connectivity index (χ3n) is 7.08. The maximum Gasteiger partial charge on any atom is 0.410 e. The number of hydrogen-bond donors (Lipinski definition) is 4. The van der Waals surface area contributed by atoms with Gasteiger partial charge < -0.3 is 35.4 Å². The van der Waals surface area contributed by atoms with Crippen molar-refractivity contribution in [2.75, 3.05) is 31.6 Å². The summed E-state index contributed by atoms with van der Waals surface area (Å²) in [6.45, 7) is 8.33. The van der Waals surface area contributed by atoms with Crippen LogP contribution in [0.15, 0.2) is 54.7 Å². The standard InChI is InChI=1S/C32H45N5O7/c1-22(16-32(2,3)4)14-28(38)36-26(30(40)41)18-35-29(39)21-43-25-15-24(17-34-27-12-8-9-13-33-27)37(19-25)31(42)44-20-23-10-6-5-7-11-23/h5-13,22,24-26H,14-21H2,1-4H3,(H,33,34)(H,35,39)(H,36,38)(H,40,41)/t22?,24-,25+,26-/m0/s1. The molecule has 1 saturated heterocycles. The van der Waals surface area contributed by atoms with Crippen LogP contribution in [-0.4, -0.2) is 83.3 Å². The monoisotopic (exact) mass is 611 g/mol. The number of carboxylic acid groups (broad SMARTS) is 1. The van der Waals surface area contributed by atoms with Crippen molar-refractivity contribution in [3.63, 3.8) is 0 Å². The van der Waals surface area contributed by atoms with Crippen LogP contribution in [-0.2, 0) is 30.5 Å². The lowest BCUT2D eigenvalue weighted by Crippen LogP contribution is -2.49. The van der Waals surface area contributed by atoms with E-state index in [1.54, 1.807) is 11.1 Å². The highest BCUT2D eigenvalue weighted by molar-refractivity contribution is 5.85. The molecule has 0 radical (unpaired) electrons. The molecule has 0 spiro atoms. The average Bonchev–Trinajstić information content (AvgIpc) is 3.39. The Morgan fingerprint density at radius 1 is 1.07 bits per heavy atom. The van der Waals surface area contributed by atoms with Crippen molar-refractivity contribution in [2.24, 2.45) is 11.3 Å². The van der Waals surface area contributed by atoms with E-state index >= 15 is 0 Å². The van der Waals surface area contributed by atoms with Gasteiger partial charge in [0.05, 0.1) is 18.7 Å². The first-order chi connectivity index (χ1) is 20.9. The summed E-state index contributed by atoms with van der Waals surface area (Å²) in [7, 11) is 0. The van der Waals surface area contributed by atoms with Gasteiger partial charge in [-0.2, -0.15) is 0 Å². The van der Waals surface area contributed by atoms with Crippen LogP contribution in [0.3, 0.4) is 0 Å². The number of benzene rings is 1. The van der Waals surface area contributed by atoms with E-state index in [0.717, 1.165) is 12.0 Å². The average molecular weight is 612 g/mol. The molecule has 1 fully saturated rings. The first kappa shape index (κ1) is 34.3. The summed E-state index contributed by atoms with van der Waals surface area (Å²) in [6.07, 6.45) is 2.19. The van der Waals surface area contributed by atoms with Gasteiger partial charge in [-0.1, -0.05) is 64.1 Å². The molecule has 1 aromatic carbocycles. The fourth-order valence-corrected chi connectivity index (χ4v) is 5.25. The van der Waals surface area contributed by atoms with Gasteiger partial charge in [0.1, 0.15) is 25.1 Å². The van der Waals surface area contributed by atoms with Crippen molar-refractivity contribution in [3.05, 3.63) is 60.3 Å². The third-order valence-corrected chi connectivity index (χ3v) is 7.08. The number of amides is 3. The number of hydrogen-bond acceptors (Lipinski definition) is 8. The predicted molar refractivity (Wildman–Crippen MR) is 165 cm³/mol. The molecule has 3 rings (SSSR count). The summed E-state index contributed by atoms with van der Waals surface area (Å²) in [5, 5.41) is 17.8. The largest absolute Gasteiger partial charge is 0.480 e. The number of carbonyl (C=O) groups excluding carboxylic acids is 3. The summed E-state index contributed by atoms with van der Waals surface area (Å²) in [4.78, 5) is 55.5. The van der Waals surface area contributed by atoms with Crippen molar-refractivity contribution in [1.29, 1.82) is 0 Å². The minimum Gasteiger partial charge on any atom is -0.480 e. The molecule has 0 bridgehead atoms. The van der Waals surface area contributed by atoms with Gasteiger partial charge in [0.15, 0.2) is 0 Å². The van der Waals surface area contributed by atoms with Gasteiger partial charge in [-0.05, 0) is 41.9 Å². The molecule has 12 heteroatoms. The molecule has 44 heavy (non-hydrogen) atoms. The van der Waals surface area contributed by atoms with Gasteiger partial charge in [-0.3, -0.25) is 9.59 Å². The summed E-state index contributed by atoms with van der Waals surface area (Å²) in [5.74, 6) is -1.41. The molecule has 3 amide bonds. The number of aliphatic carboxylic acids is 1. The maximum atomic E-state index is 13.0. The second-order valence-corrected chi connectivity index (χ2v) is 12.4. The molecule has 0 saturated carbocycles. The second kappa shape index (κ2) is 16.6. The van der Waals surface area contributed by atoms with Gasteiger partial charge in [-0.25, -0.2) is 14.6 Å². The highest BCUT2D eigenvalue weighted by Crippen LogP contribution is 2.26. The Balaban J connectivity index is 1.49. The molecule has 4 atom stereocenters. The van der Waals surface area contributed by atoms with Gasteiger partial charge in [0, 0.05) is 25.7 Å². The van der Waals surface area contributed by atoms with E-state index in [0.29, 0.717) is 18.8 Å². The topological polar surface area (TPSA) is 159 Å². The second-order valence-electron chi connectivity index (χ2n) is 12.4. The van der Waals surface area contributed by atoms with E-state index in [4.69, 9.17) is 9.47 Å². The van der Waals surface area contributed by atoms with E-state index in [2.05, 4.69) is 41.7 Å². The van der Waals surface area contributed by atoms with Gasteiger partial charge in [0.2, 0.25) is 11.8 Å². The lowest BCUT2D eigenvalue weighted by molar-refractivity contribution is -0.142. The van der Waals surface area contributed by atoms with Crippen molar-refractivity contribution in [3.8, 4) is 0 Å². The Kier molecular flexibility index (Phi) is 12.9. The Hall–Kier alpha value is -4.19. The van der Waals surface area contributed by atoms with Crippen LogP contribution in [0.1, 0.15) is 52.5 Å². The SMILES string of the molecule is CC(CC(=O)N[C@@H](CNC(=O)CO[C@@H]1C[C@@H](CNc2ccccn2)N(C(=O)OCc2ccccc2)C1)C(=O)O)CC(C)(C)C. The summed E-state index contributed by atoms with van der Waals surface area (Å²) >= 11 is 0. The quantitative estimate of drug-likeness (QED) is 0.237. The maximum absolute atomic E-state index is 13.0. The van der Waals surface area contributed by atoms with E-state index < -0.39 is 30.1 Å². The zero-order valence-electron chi connectivity index (χ0n) is 26.0. The molecule has 4 N–H and O–H groups in total. The molecule has 2 heterocycles. The van der Waals surface area contributed by atoms with Crippen LogP contribution >= 0.6 is 0 Å². The van der Waals surface area contributed by atoms with Crippen LogP contribution in [0.5, 0.6) is 0 Å². The Labute approximate surface area is 258 Å².